The first-order chi connectivity index (χ1) is 22.0. The van der Waals surface area contributed by atoms with Gasteiger partial charge in [-0.25, -0.2) is 19.4 Å². The maximum absolute atomic E-state index is 13.3. The van der Waals surface area contributed by atoms with Crippen LogP contribution in [-0.4, -0.2) is 61.8 Å². The van der Waals surface area contributed by atoms with Crippen molar-refractivity contribution in [2.24, 2.45) is 5.73 Å². The zero-order chi connectivity index (χ0) is 34.5. The Kier molecular flexibility index (Phi) is 9.79. The van der Waals surface area contributed by atoms with Gasteiger partial charge in [-0.2, -0.15) is 18.3 Å². The first-order valence-electron chi connectivity index (χ1n) is 13.8. The maximum atomic E-state index is 13.3. The molecule has 47 heavy (non-hydrogen) atoms. The lowest BCUT2D eigenvalue weighted by molar-refractivity contribution is -0.119. The monoisotopic (exact) mass is 651 g/mol. The Hall–Kier alpha value is -5.98. The van der Waals surface area contributed by atoms with Crippen molar-refractivity contribution in [3.8, 4) is 29.5 Å². The summed E-state index contributed by atoms with van der Waals surface area (Å²) in [5.41, 5.74) is 4.75. The number of anilines is 2. The fraction of sp³-hybridized carbons (Fsp3) is 0.258. The van der Waals surface area contributed by atoms with Gasteiger partial charge in [0.15, 0.2) is 17.2 Å². The van der Waals surface area contributed by atoms with Crippen LogP contribution in [0.4, 0.5) is 29.5 Å². The number of nitrogens with one attached hydrogen (secondary N) is 1. The van der Waals surface area contributed by atoms with Crippen LogP contribution in [0.5, 0.6) is 0 Å². The number of carbonyl (C=O) groups excluding carboxylic acids is 4. The second-order valence-corrected chi connectivity index (χ2v) is 11.0. The van der Waals surface area contributed by atoms with E-state index in [1.54, 1.807) is 24.3 Å². The van der Waals surface area contributed by atoms with Crippen molar-refractivity contribution in [2.45, 2.75) is 45.4 Å². The lowest BCUT2D eigenvalue weighted by Gasteiger charge is -2.27. The number of ether oxygens (including phenoxy) is 1. The SMILES string of the molecule is C#CCCC(=O)c1ccc(-n2cc(NC(=O)c3coc(-c4ccnc(N(CC(F)(F)F)C(=O)OC(C)(C)C)c4)n3)c(C(N)=O)n2)cc1. The van der Waals surface area contributed by atoms with Gasteiger partial charge in [-0.3, -0.25) is 19.3 Å². The zero-order valence-corrected chi connectivity index (χ0v) is 25.3. The number of pyridine rings is 1. The van der Waals surface area contributed by atoms with Crippen LogP contribution in [0.3, 0.4) is 0 Å². The highest BCUT2D eigenvalue weighted by Crippen LogP contribution is 2.27. The first-order valence-corrected chi connectivity index (χ1v) is 13.8. The molecule has 4 aromatic rings. The number of Topliss-reactive ketones (excluding diaryl/α,β-unsaturated/α-hetero) is 1. The first kappa shape index (κ1) is 33.9. The molecule has 0 aliphatic rings. The smallest absolute Gasteiger partial charge is 0.416 e. The van der Waals surface area contributed by atoms with Crippen LogP contribution in [-0.2, 0) is 4.74 Å². The normalized spacial score (nSPS) is 11.4. The highest BCUT2D eigenvalue weighted by atomic mass is 19.4. The van der Waals surface area contributed by atoms with Gasteiger partial charge in [-0.05, 0) is 57.2 Å². The number of ketones is 1. The molecule has 0 unspecified atom stereocenters. The molecule has 3 N–H and O–H groups in total. The molecule has 3 heterocycles. The summed E-state index contributed by atoms with van der Waals surface area (Å²) in [5, 5.41) is 6.62. The van der Waals surface area contributed by atoms with E-state index in [9.17, 15) is 32.3 Å². The summed E-state index contributed by atoms with van der Waals surface area (Å²) < 4.78 is 51.8. The average Bonchev–Trinajstić information content (AvgIpc) is 3.66. The van der Waals surface area contributed by atoms with E-state index in [1.165, 1.54) is 37.7 Å². The number of hydrogen-bond donors (Lipinski definition) is 2. The minimum Gasteiger partial charge on any atom is -0.444 e. The average molecular weight is 652 g/mol. The summed E-state index contributed by atoms with van der Waals surface area (Å²) in [5.74, 6) is -0.0985. The van der Waals surface area contributed by atoms with E-state index in [0.29, 0.717) is 22.6 Å². The van der Waals surface area contributed by atoms with Crippen molar-refractivity contribution in [3.63, 3.8) is 0 Å². The van der Waals surface area contributed by atoms with Gasteiger partial charge in [0.2, 0.25) is 5.89 Å². The molecule has 1 aromatic carbocycles. The molecule has 0 saturated carbocycles. The van der Waals surface area contributed by atoms with E-state index < -0.39 is 42.0 Å². The number of carbonyl (C=O) groups is 4. The number of rotatable bonds is 10. The molecule has 4 rings (SSSR count). The van der Waals surface area contributed by atoms with Crippen molar-refractivity contribution >= 4 is 35.2 Å². The molecule has 3 aromatic heterocycles. The standard InChI is InChI=1S/C31H28F3N7O6/c1-5-6-7-23(42)18-8-10-20(11-9-18)41-15-21(25(39-41)26(35)43)37-27(44)22-16-46-28(38-22)19-12-13-36-24(14-19)40(17-31(32,33)34)29(45)47-30(2,3)4/h1,8-16H,6-7,17H2,2-4H3,(H2,35,43)(H,37,44). The number of amides is 3. The molecule has 0 bridgehead atoms. The summed E-state index contributed by atoms with van der Waals surface area (Å²) in [7, 11) is 0. The number of oxazole rings is 1. The summed E-state index contributed by atoms with van der Waals surface area (Å²) in [6.07, 6.45) is 3.10. The molecular weight excluding hydrogens is 623 g/mol. The second kappa shape index (κ2) is 13.6. The molecule has 244 valence electrons. The van der Waals surface area contributed by atoms with Gasteiger partial charge in [0, 0.05) is 30.2 Å². The van der Waals surface area contributed by atoms with Crippen molar-refractivity contribution in [3.05, 3.63) is 72.0 Å². The number of aromatic nitrogens is 4. The number of nitrogens with two attached hydrogens (primary N) is 1. The molecule has 16 heteroatoms. The van der Waals surface area contributed by atoms with Gasteiger partial charge in [-0.1, -0.05) is 0 Å². The number of halogens is 3. The van der Waals surface area contributed by atoms with Crippen molar-refractivity contribution < 1.29 is 41.5 Å². The van der Waals surface area contributed by atoms with Crippen LogP contribution in [0.1, 0.15) is 64.9 Å². The topological polar surface area (TPSA) is 176 Å². The predicted molar refractivity (Wildman–Crippen MR) is 162 cm³/mol. The fourth-order valence-corrected chi connectivity index (χ4v) is 4.04. The van der Waals surface area contributed by atoms with Gasteiger partial charge in [0.05, 0.1) is 17.6 Å². The highest BCUT2D eigenvalue weighted by Gasteiger charge is 2.36. The minimum absolute atomic E-state index is 0.0624. The Morgan fingerprint density at radius 1 is 1.13 bits per heavy atom. The summed E-state index contributed by atoms with van der Waals surface area (Å²) in [6.45, 7) is 2.83. The predicted octanol–water partition coefficient (Wildman–Crippen LogP) is 5.17. The second-order valence-electron chi connectivity index (χ2n) is 11.0. The highest BCUT2D eigenvalue weighted by molar-refractivity contribution is 6.07. The van der Waals surface area contributed by atoms with Gasteiger partial charge < -0.3 is 20.2 Å². The molecule has 0 spiro atoms. The number of primary amides is 1. The molecule has 0 atom stereocenters. The van der Waals surface area contributed by atoms with E-state index in [1.807, 2.05) is 0 Å². The van der Waals surface area contributed by atoms with E-state index in [2.05, 4.69) is 26.3 Å². The van der Waals surface area contributed by atoms with E-state index >= 15 is 0 Å². The van der Waals surface area contributed by atoms with Gasteiger partial charge >= 0.3 is 12.3 Å². The number of alkyl halides is 3. The Labute approximate surface area is 265 Å². The van der Waals surface area contributed by atoms with Crippen molar-refractivity contribution in [1.82, 2.24) is 19.7 Å². The van der Waals surface area contributed by atoms with E-state index in [4.69, 9.17) is 21.3 Å². The number of nitrogens with zero attached hydrogens (tertiary/aromatic N) is 5. The molecule has 0 aliphatic carbocycles. The van der Waals surface area contributed by atoms with Crippen LogP contribution in [0.2, 0.25) is 0 Å². The van der Waals surface area contributed by atoms with Crippen LogP contribution >= 0.6 is 0 Å². The van der Waals surface area contributed by atoms with Crippen molar-refractivity contribution in [2.75, 3.05) is 16.8 Å². The maximum Gasteiger partial charge on any atom is 0.416 e. The molecule has 0 fully saturated rings. The minimum atomic E-state index is -4.77. The van der Waals surface area contributed by atoms with Gasteiger partial charge in [-0.15, -0.1) is 12.3 Å². The third-order valence-electron chi connectivity index (χ3n) is 6.10. The number of benzene rings is 1. The molecule has 3 amide bonds. The molecule has 13 nitrogen and oxygen atoms in total. The Balaban J connectivity index is 1.55. The van der Waals surface area contributed by atoms with Crippen LogP contribution < -0.4 is 16.0 Å². The fourth-order valence-electron chi connectivity index (χ4n) is 4.04. The third-order valence-corrected chi connectivity index (χ3v) is 6.10. The Morgan fingerprint density at radius 3 is 2.45 bits per heavy atom. The molecule has 0 aliphatic heterocycles. The summed E-state index contributed by atoms with van der Waals surface area (Å²) in [4.78, 5) is 58.3. The van der Waals surface area contributed by atoms with E-state index in [-0.39, 0.29) is 40.7 Å². The summed E-state index contributed by atoms with van der Waals surface area (Å²) in [6, 6.07) is 8.76. The van der Waals surface area contributed by atoms with Crippen molar-refractivity contribution in [1.29, 1.82) is 0 Å². The molecular formula is C31H28F3N7O6. The zero-order valence-electron chi connectivity index (χ0n) is 25.3. The Morgan fingerprint density at radius 2 is 1.83 bits per heavy atom. The lowest BCUT2D eigenvalue weighted by atomic mass is 10.1. The largest absolute Gasteiger partial charge is 0.444 e. The molecule has 0 saturated heterocycles. The third kappa shape index (κ3) is 8.81. The quantitative estimate of drug-likeness (QED) is 0.173. The van der Waals surface area contributed by atoms with Crippen LogP contribution in [0.15, 0.2) is 59.5 Å². The number of hydrogen-bond acceptors (Lipinski definition) is 9. The number of terminal acetylenes is 1. The summed E-state index contributed by atoms with van der Waals surface area (Å²) >= 11 is 0. The lowest BCUT2D eigenvalue weighted by Crippen LogP contribution is -2.42. The van der Waals surface area contributed by atoms with Gasteiger partial charge in [0.1, 0.15) is 24.2 Å². The van der Waals surface area contributed by atoms with Gasteiger partial charge in [0.25, 0.3) is 11.8 Å². The molecule has 0 radical (unpaired) electrons. The Bertz CT molecular complexity index is 1850. The van der Waals surface area contributed by atoms with Crippen LogP contribution in [0.25, 0.3) is 17.1 Å². The van der Waals surface area contributed by atoms with Crippen LogP contribution in [0, 0.1) is 12.3 Å². The van der Waals surface area contributed by atoms with E-state index in [0.717, 1.165) is 18.5 Å².